The Morgan fingerprint density at radius 2 is 1.94 bits per heavy atom. The number of fused-ring (bicyclic) bond motifs is 1. The topological polar surface area (TPSA) is 117 Å². The van der Waals surface area contributed by atoms with Gasteiger partial charge in [-0.1, -0.05) is 18.2 Å². The number of anilines is 1. The van der Waals surface area contributed by atoms with Crippen molar-refractivity contribution < 1.29 is 14.4 Å². The van der Waals surface area contributed by atoms with E-state index in [2.05, 4.69) is 27.7 Å². The molecule has 1 unspecified atom stereocenters. The first kappa shape index (κ1) is 23.9. The molecule has 0 saturated carbocycles. The average molecular weight is 464 g/mol. The minimum atomic E-state index is -0.489. The lowest BCUT2D eigenvalue weighted by Gasteiger charge is -2.35. The van der Waals surface area contributed by atoms with E-state index < -0.39 is 5.91 Å². The van der Waals surface area contributed by atoms with Gasteiger partial charge in [-0.15, -0.1) is 0 Å². The quantitative estimate of drug-likeness (QED) is 0.388. The van der Waals surface area contributed by atoms with Crippen LogP contribution in [-0.4, -0.2) is 54.2 Å². The molecule has 2 aliphatic heterocycles. The molecule has 1 saturated heterocycles. The van der Waals surface area contributed by atoms with Gasteiger partial charge in [0.1, 0.15) is 12.1 Å². The molecule has 4 rings (SSSR count). The van der Waals surface area contributed by atoms with Gasteiger partial charge in [-0.05, 0) is 80.9 Å². The van der Waals surface area contributed by atoms with E-state index in [0.29, 0.717) is 38.0 Å². The third-order valence-electron chi connectivity index (χ3n) is 6.82. The van der Waals surface area contributed by atoms with Gasteiger partial charge in [-0.3, -0.25) is 14.5 Å². The number of hydrogen-bond acceptors (Lipinski definition) is 6. The largest absolute Gasteiger partial charge is 0.370 e. The summed E-state index contributed by atoms with van der Waals surface area (Å²) in [5, 5.41) is 6.44. The summed E-state index contributed by atoms with van der Waals surface area (Å²) in [6, 6.07) is 10.7. The van der Waals surface area contributed by atoms with E-state index in [-0.39, 0.29) is 17.9 Å². The Labute approximate surface area is 200 Å². The second-order valence-corrected chi connectivity index (χ2v) is 9.11. The number of rotatable bonds is 9. The zero-order valence-corrected chi connectivity index (χ0v) is 19.5. The Bertz CT molecular complexity index is 1020. The molecule has 4 N–H and O–H groups in total. The highest BCUT2D eigenvalue weighted by Crippen LogP contribution is 2.26. The molecule has 2 aromatic rings. The number of benzene rings is 1. The van der Waals surface area contributed by atoms with Crippen molar-refractivity contribution in [1.82, 2.24) is 15.2 Å². The zero-order valence-electron chi connectivity index (χ0n) is 19.5. The monoisotopic (exact) mass is 463 g/mol. The second-order valence-electron chi connectivity index (χ2n) is 9.11. The van der Waals surface area contributed by atoms with Crippen LogP contribution in [0.4, 0.5) is 5.82 Å². The number of nitrogens with zero attached hydrogens (tertiary/aromatic N) is 2. The molecule has 1 aromatic carbocycles. The normalized spacial score (nSPS) is 17.3. The van der Waals surface area contributed by atoms with Crippen LogP contribution in [-0.2, 0) is 22.4 Å². The number of pyridine rings is 1. The Hall–Kier alpha value is -3.26. The Morgan fingerprint density at radius 3 is 2.65 bits per heavy atom. The maximum atomic E-state index is 12.6. The molecule has 2 amide bonds. The lowest BCUT2D eigenvalue weighted by atomic mass is 9.93. The molecule has 0 bridgehead atoms. The number of nitrogens with two attached hydrogens (primary N) is 1. The number of carbonyl (C=O) groups is 3. The van der Waals surface area contributed by atoms with E-state index in [0.717, 1.165) is 55.6 Å². The molecule has 2 aliphatic rings. The molecule has 0 aliphatic carbocycles. The third kappa shape index (κ3) is 5.80. The number of aryl methyl sites for hydroxylation is 2. The van der Waals surface area contributed by atoms with Crippen molar-refractivity contribution in [3.8, 4) is 0 Å². The standard InChI is InChI=1S/C26H33N5O3/c27-24(33)19-7-5-18(6-8-19)23(17-32)31-15-11-21(12-16-31)26(34)29-14-2-4-22-10-9-20-3-1-13-28-25(20)30-22/h5-10,17,21,23H,1-4,11-16H2,(H2,27,33)(H,28,30)(H,29,34). The van der Waals surface area contributed by atoms with Crippen molar-refractivity contribution in [2.45, 2.75) is 44.6 Å². The first-order valence-corrected chi connectivity index (χ1v) is 12.1. The lowest BCUT2D eigenvalue weighted by molar-refractivity contribution is -0.126. The molecule has 8 heteroatoms. The van der Waals surface area contributed by atoms with Crippen LogP contribution in [0.3, 0.4) is 0 Å². The zero-order chi connectivity index (χ0) is 23.9. The predicted molar refractivity (Wildman–Crippen MR) is 130 cm³/mol. The summed E-state index contributed by atoms with van der Waals surface area (Å²) in [4.78, 5) is 42.5. The number of hydrogen-bond donors (Lipinski definition) is 3. The van der Waals surface area contributed by atoms with Gasteiger partial charge in [-0.25, -0.2) is 4.98 Å². The highest BCUT2D eigenvalue weighted by molar-refractivity contribution is 5.92. The number of amides is 2. The number of nitrogens with one attached hydrogen (secondary N) is 2. The van der Waals surface area contributed by atoms with Gasteiger partial charge in [0.25, 0.3) is 0 Å². The maximum absolute atomic E-state index is 12.6. The third-order valence-corrected chi connectivity index (χ3v) is 6.82. The number of carbonyl (C=O) groups excluding carboxylic acids is 3. The molecular weight excluding hydrogens is 430 g/mol. The van der Waals surface area contributed by atoms with Crippen LogP contribution in [0.5, 0.6) is 0 Å². The summed E-state index contributed by atoms with van der Waals surface area (Å²) in [5.41, 5.74) is 8.88. The smallest absolute Gasteiger partial charge is 0.248 e. The number of primary amides is 1. The minimum absolute atomic E-state index is 0.0353. The van der Waals surface area contributed by atoms with Gasteiger partial charge in [0.15, 0.2) is 0 Å². The van der Waals surface area contributed by atoms with E-state index in [4.69, 9.17) is 10.7 Å². The van der Waals surface area contributed by atoms with Crippen LogP contribution in [0.25, 0.3) is 0 Å². The summed E-state index contributed by atoms with van der Waals surface area (Å²) < 4.78 is 0. The van der Waals surface area contributed by atoms with Crippen molar-refractivity contribution in [2.75, 3.05) is 31.5 Å². The summed E-state index contributed by atoms with van der Waals surface area (Å²) in [5.74, 6) is 0.578. The van der Waals surface area contributed by atoms with E-state index >= 15 is 0 Å². The van der Waals surface area contributed by atoms with Gasteiger partial charge in [0.05, 0.1) is 6.04 Å². The molecule has 1 aromatic heterocycles. The second kappa shape index (κ2) is 11.2. The molecule has 180 valence electrons. The van der Waals surface area contributed by atoms with Crippen molar-refractivity contribution in [3.05, 3.63) is 58.8 Å². The maximum Gasteiger partial charge on any atom is 0.248 e. The molecule has 0 spiro atoms. The van der Waals surface area contributed by atoms with Crippen LogP contribution >= 0.6 is 0 Å². The molecule has 1 atom stereocenters. The lowest BCUT2D eigenvalue weighted by Crippen LogP contribution is -2.42. The van der Waals surface area contributed by atoms with E-state index in [1.165, 1.54) is 5.56 Å². The van der Waals surface area contributed by atoms with E-state index in [9.17, 15) is 14.4 Å². The molecule has 8 nitrogen and oxygen atoms in total. The van der Waals surface area contributed by atoms with Crippen LogP contribution < -0.4 is 16.4 Å². The first-order chi connectivity index (χ1) is 16.5. The van der Waals surface area contributed by atoms with Crippen LogP contribution in [0.1, 0.15) is 58.9 Å². The van der Waals surface area contributed by atoms with E-state index in [1.807, 2.05) is 0 Å². The van der Waals surface area contributed by atoms with Crippen molar-refractivity contribution in [2.24, 2.45) is 11.7 Å². The van der Waals surface area contributed by atoms with Crippen molar-refractivity contribution in [1.29, 1.82) is 0 Å². The molecular formula is C26H33N5O3. The van der Waals surface area contributed by atoms with Crippen molar-refractivity contribution >= 4 is 23.9 Å². The van der Waals surface area contributed by atoms with E-state index in [1.54, 1.807) is 24.3 Å². The number of aldehydes is 1. The average Bonchev–Trinajstić information content (AvgIpc) is 2.87. The summed E-state index contributed by atoms with van der Waals surface area (Å²) in [6.07, 6.45) is 6.28. The molecule has 1 fully saturated rings. The number of aromatic nitrogens is 1. The molecule has 0 radical (unpaired) electrons. The predicted octanol–water partition coefficient (Wildman–Crippen LogP) is 2.24. The van der Waals surface area contributed by atoms with Crippen LogP contribution in [0.2, 0.25) is 0 Å². The fourth-order valence-electron chi connectivity index (χ4n) is 4.79. The highest BCUT2D eigenvalue weighted by Gasteiger charge is 2.29. The first-order valence-electron chi connectivity index (χ1n) is 12.1. The Kier molecular flexibility index (Phi) is 7.90. The van der Waals surface area contributed by atoms with Crippen molar-refractivity contribution in [3.63, 3.8) is 0 Å². The SMILES string of the molecule is NC(=O)c1ccc(C(C=O)N2CCC(C(=O)NCCCc3ccc4c(n3)NCCC4)CC2)cc1. The summed E-state index contributed by atoms with van der Waals surface area (Å²) in [6.45, 7) is 2.96. The van der Waals surface area contributed by atoms with Gasteiger partial charge >= 0.3 is 0 Å². The molecule has 34 heavy (non-hydrogen) atoms. The number of piperidine rings is 1. The highest BCUT2D eigenvalue weighted by atomic mass is 16.2. The number of likely N-dealkylation sites (tertiary alicyclic amines) is 1. The van der Waals surface area contributed by atoms with Gasteiger partial charge in [0.2, 0.25) is 11.8 Å². The fourth-order valence-corrected chi connectivity index (χ4v) is 4.79. The summed E-state index contributed by atoms with van der Waals surface area (Å²) in [7, 11) is 0. The van der Waals surface area contributed by atoms with Gasteiger partial charge < -0.3 is 21.2 Å². The van der Waals surface area contributed by atoms with Gasteiger partial charge in [0, 0.05) is 30.3 Å². The Morgan fingerprint density at radius 1 is 1.18 bits per heavy atom. The minimum Gasteiger partial charge on any atom is -0.370 e. The Balaban J connectivity index is 1.20. The van der Waals surface area contributed by atoms with Crippen LogP contribution in [0, 0.1) is 5.92 Å². The molecule has 3 heterocycles. The van der Waals surface area contributed by atoms with Crippen LogP contribution in [0.15, 0.2) is 36.4 Å². The fraction of sp³-hybridized carbons (Fsp3) is 0.462. The van der Waals surface area contributed by atoms with Gasteiger partial charge in [-0.2, -0.15) is 0 Å². The summed E-state index contributed by atoms with van der Waals surface area (Å²) >= 11 is 0.